The van der Waals surface area contributed by atoms with E-state index in [1.807, 2.05) is 44.2 Å². The van der Waals surface area contributed by atoms with Crippen molar-refractivity contribution in [3.8, 4) is 5.69 Å². The zero-order chi connectivity index (χ0) is 18.0. The average molecular weight is 353 g/mol. The van der Waals surface area contributed by atoms with Gasteiger partial charge in [0.2, 0.25) is 5.91 Å². The van der Waals surface area contributed by atoms with E-state index in [1.165, 1.54) is 11.8 Å². The lowest BCUT2D eigenvalue weighted by Crippen LogP contribution is -2.24. The Labute approximate surface area is 150 Å². The Morgan fingerprint density at radius 2 is 1.84 bits per heavy atom. The molecule has 0 unspecified atom stereocenters. The molecule has 0 spiro atoms. The number of aromatic nitrogens is 2. The normalized spacial score (nSPS) is 10.8. The van der Waals surface area contributed by atoms with Gasteiger partial charge in [-0.3, -0.25) is 14.2 Å². The largest absolute Gasteiger partial charge is 0.358 e. The molecule has 0 aliphatic heterocycles. The summed E-state index contributed by atoms with van der Waals surface area (Å²) >= 11 is 1.26. The van der Waals surface area contributed by atoms with E-state index in [1.54, 1.807) is 17.7 Å². The monoisotopic (exact) mass is 353 g/mol. The minimum Gasteiger partial charge on any atom is -0.358 e. The molecule has 3 rings (SSSR count). The first-order valence-corrected chi connectivity index (χ1v) is 8.92. The minimum atomic E-state index is -0.130. The molecule has 0 aliphatic carbocycles. The van der Waals surface area contributed by atoms with Gasteiger partial charge in [0, 0.05) is 7.05 Å². The van der Waals surface area contributed by atoms with Crippen LogP contribution in [-0.4, -0.2) is 28.3 Å². The number of para-hydroxylation sites is 1. The number of benzene rings is 2. The van der Waals surface area contributed by atoms with E-state index in [2.05, 4.69) is 16.4 Å². The summed E-state index contributed by atoms with van der Waals surface area (Å²) in [6, 6.07) is 13.2. The van der Waals surface area contributed by atoms with Crippen LogP contribution >= 0.6 is 11.8 Å². The Morgan fingerprint density at radius 3 is 2.52 bits per heavy atom. The first kappa shape index (κ1) is 17.2. The molecular formula is C19H19N3O2S. The molecule has 2 aromatic carbocycles. The fourth-order valence-corrected chi connectivity index (χ4v) is 3.60. The van der Waals surface area contributed by atoms with Gasteiger partial charge in [-0.2, -0.15) is 0 Å². The maximum absolute atomic E-state index is 13.1. The summed E-state index contributed by atoms with van der Waals surface area (Å²) in [5, 5.41) is 3.66. The molecule has 0 fully saturated rings. The zero-order valence-electron chi connectivity index (χ0n) is 14.4. The molecule has 0 saturated heterocycles. The number of hydrogen-bond donors (Lipinski definition) is 1. The molecule has 1 aromatic heterocycles. The van der Waals surface area contributed by atoms with Crippen LogP contribution in [0, 0.1) is 13.8 Å². The molecule has 1 N–H and O–H groups in total. The summed E-state index contributed by atoms with van der Waals surface area (Å²) in [6.07, 6.45) is 0. The number of carbonyl (C=O) groups excluding carboxylic acids is 1. The maximum Gasteiger partial charge on any atom is 0.266 e. The third-order valence-electron chi connectivity index (χ3n) is 3.82. The highest BCUT2D eigenvalue weighted by atomic mass is 32.2. The first-order chi connectivity index (χ1) is 12.0. The van der Waals surface area contributed by atoms with Crippen LogP contribution in [0.2, 0.25) is 0 Å². The van der Waals surface area contributed by atoms with E-state index < -0.39 is 0 Å². The maximum atomic E-state index is 13.1. The van der Waals surface area contributed by atoms with Gasteiger partial charge in [-0.25, -0.2) is 4.98 Å². The minimum absolute atomic E-state index is 0.112. The predicted octanol–water partition coefficient (Wildman–Crippen LogP) is 2.84. The molecule has 3 aromatic rings. The van der Waals surface area contributed by atoms with Crippen LogP contribution in [0.4, 0.5) is 0 Å². The number of thioether (sulfide) groups is 1. The summed E-state index contributed by atoms with van der Waals surface area (Å²) in [7, 11) is 1.59. The number of rotatable bonds is 4. The fourth-order valence-electron chi connectivity index (χ4n) is 2.72. The number of amides is 1. The molecular weight excluding hydrogens is 334 g/mol. The lowest BCUT2D eigenvalue weighted by Gasteiger charge is -2.14. The topological polar surface area (TPSA) is 64.0 Å². The van der Waals surface area contributed by atoms with E-state index >= 15 is 0 Å². The SMILES string of the molecule is CNC(=O)CSc1nc2ccccc2c(=O)n1-c1cc(C)cc(C)c1. The molecule has 25 heavy (non-hydrogen) atoms. The van der Waals surface area contributed by atoms with Crippen molar-refractivity contribution >= 4 is 28.6 Å². The molecule has 0 aliphatic rings. The molecule has 0 saturated carbocycles. The van der Waals surface area contributed by atoms with E-state index in [0.717, 1.165) is 16.8 Å². The highest BCUT2D eigenvalue weighted by Crippen LogP contribution is 2.22. The summed E-state index contributed by atoms with van der Waals surface area (Å²) in [6.45, 7) is 3.99. The fraction of sp³-hybridized carbons (Fsp3) is 0.211. The molecule has 5 nitrogen and oxygen atoms in total. The second-order valence-corrected chi connectivity index (χ2v) is 6.80. The summed E-state index contributed by atoms with van der Waals surface area (Å²) in [5.74, 6) is 0.0888. The standard InChI is InChI=1S/C19H19N3O2S/c1-12-8-13(2)10-14(9-12)22-18(24)15-6-4-5-7-16(15)21-19(22)25-11-17(23)20-3/h4-10H,11H2,1-3H3,(H,20,23). The highest BCUT2D eigenvalue weighted by Gasteiger charge is 2.14. The van der Waals surface area contributed by atoms with Crippen LogP contribution in [0.3, 0.4) is 0 Å². The van der Waals surface area contributed by atoms with Crippen molar-refractivity contribution in [2.24, 2.45) is 0 Å². The smallest absolute Gasteiger partial charge is 0.266 e. The summed E-state index contributed by atoms with van der Waals surface area (Å²) in [4.78, 5) is 29.4. The van der Waals surface area contributed by atoms with E-state index in [4.69, 9.17) is 0 Å². The Hall–Kier alpha value is -2.60. The average Bonchev–Trinajstić information content (AvgIpc) is 2.58. The second-order valence-electron chi connectivity index (χ2n) is 5.86. The van der Waals surface area contributed by atoms with Crippen LogP contribution in [0.5, 0.6) is 0 Å². The second kappa shape index (κ2) is 7.11. The Kier molecular flexibility index (Phi) is 4.90. The van der Waals surface area contributed by atoms with Crippen molar-refractivity contribution in [3.05, 3.63) is 63.9 Å². The van der Waals surface area contributed by atoms with E-state index in [-0.39, 0.29) is 17.2 Å². The first-order valence-electron chi connectivity index (χ1n) is 7.93. The molecule has 128 valence electrons. The number of nitrogens with one attached hydrogen (secondary N) is 1. The molecule has 0 atom stereocenters. The van der Waals surface area contributed by atoms with Crippen LogP contribution < -0.4 is 10.9 Å². The van der Waals surface area contributed by atoms with Crippen LogP contribution in [0.15, 0.2) is 52.4 Å². The highest BCUT2D eigenvalue weighted by molar-refractivity contribution is 7.99. The third kappa shape index (κ3) is 3.58. The Bertz CT molecular complexity index is 991. The van der Waals surface area contributed by atoms with Gasteiger partial charge < -0.3 is 5.32 Å². The quantitative estimate of drug-likeness (QED) is 0.579. The third-order valence-corrected chi connectivity index (χ3v) is 4.76. The molecule has 0 radical (unpaired) electrons. The van der Waals surface area contributed by atoms with Crippen molar-refractivity contribution in [1.29, 1.82) is 0 Å². The van der Waals surface area contributed by atoms with Crippen LogP contribution in [-0.2, 0) is 4.79 Å². The van der Waals surface area contributed by atoms with Gasteiger partial charge in [0.15, 0.2) is 5.16 Å². The van der Waals surface area contributed by atoms with Gasteiger partial charge >= 0.3 is 0 Å². The number of hydrogen-bond acceptors (Lipinski definition) is 4. The molecule has 1 amide bonds. The lowest BCUT2D eigenvalue weighted by atomic mass is 10.1. The van der Waals surface area contributed by atoms with Crippen molar-refractivity contribution in [2.75, 3.05) is 12.8 Å². The number of fused-ring (bicyclic) bond motifs is 1. The van der Waals surface area contributed by atoms with E-state index in [0.29, 0.717) is 16.1 Å². The van der Waals surface area contributed by atoms with Gasteiger partial charge in [0.05, 0.1) is 22.3 Å². The van der Waals surface area contributed by atoms with Crippen LogP contribution in [0.25, 0.3) is 16.6 Å². The van der Waals surface area contributed by atoms with Gasteiger partial charge in [-0.1, -0.05) is 30.0 Å². The van der Waals surface area contributed by atoms with Gasteiger partial charge in [0.25, 0.3) is 5.56 Å². The number of carbonyl (C=O) groups is 1. The van der Waals surface area contributed by atoms with Crippen LogP contribution in [0.1, 0.15) is 11.1 Å². The van der Waals surface area contributed by atoms with Crippen molar-refractivity contribution in [3.63, 3.8) is 0 Å². The summed E-state index contributed by atoms with van der Waals surface area (Å²) < 4.78 is 1.59. The van der Waals surface area contributed by atoms with Gasteiger partial charge in [-0.15, -0.1) is 0 Å². The molecule has 1 heterocycles. The lowest BCUT2D eigenvalue weighted by molar-refractivity contribution is -0.118. The van der Waals surface area contributed by atoms with Crippen molar-refractivity contribution in [1.82, 2.24) is 14.9 Å². The molecule has 6 heteroatoms. The Morgan fingerprint density at radius 1 is 1.16 bits per heavy atom. The van der Waals surface area contributed by atoms with Crippen molar-refractivity contribution < 1.29 is 4.79 Å². The van der Waals surface area contributed by atoms with Gasteiger partial charge in [0.1, 0.15) is 0 Å². The molecule has 0 bridgehead atoms. The number of nitrogens with zero attached hydrogens (tertiary/aromatic N) is 2. The predicted molar refractivity (Wildman–Crippen MR) is 102 cm³/mol. The summed E-state index contributed by atoms with van der Waals surface area (Å²) in [5.41, 5.74) is 3.40. The number of aryl methyl sites for hydroxylation is 2. The van der Waals surface area contributed by atoms with Crippen molar-refractivity contribution in [2.45, 2.75) is 19.0 Å². The van der Waals surface area contributed by atoms with Gasteiger partial charge in [-0.05, 0) is 49.2 Å². The Balaban J connectivity index is 2.24. The van der Waals surface area contributed by atoms with E-state index in [9.17, 15) is 9.59 Å². The zero-order valence-corrected chi connectivity index (χ0v) is 15.2.